The number of carbonyl (C=O) groups is 6. The number of carboxylic acids is 1. The first-order chi connectivity index (χ1) is 38.4. The van der Waals surface area contributed by atoms with Crippen LogP contribution in [0.3, 0.4) is 0 Å². The molecular weight excluding hydrogens is 1100 g/mol. The largest absolute Gasteiger partial charge is 0.508 e. The molecule has 3 heterocycles. The van der Waals surface area contributed by atoms with Crippen LogP contribution in [0.25, 0.3) is 0 Å². The summed E-state index contributed by atoms with van der Waals surface area (Å²) < 4.78 is 18.3. The van der Waals surface area contributed by atoms with Gasteiger partial charge in [0.25, 0.3) is 0 Å². The summed E-state index contributed by atoms with van der Waals surface area (Å²) in [5, 5.41) is 77.0. The number of likely N-dealkylation sites (N-methyl/N-ethyl adjacent to an activating group) is 1. The van der Waals surface area contributed by atoms with Crippen LogP contribution in [-0.4, -0.2) is 97.6 Å². The van der Waals surface area contributed by atoms with Crippen molar-refractivity contribution in [3.8, 4) is 51.7 Å². The lowest BCUT2D eigenvalue weighted by Crippen LogP contribution is -2.53. The molecule has 3 unspecified atom stereocenters. The van der Waals surface area contributed by atoms with Gasteiger partial charge in [-0.15, -0.1) is 0 Å². The second-order valence-electron chi connectivity index (χ2n) is 20.0. The molecule has 23 nitrogen and oxygen atoms in total. The zero-order valence-electron chi connectivity index (χ0n) is 43.7. The number of aliphatic hydroxyl groups is 1. The number of ether oxygens (including phenoxy) is 3. The number of aromatic hydroxyl groups is 3. The molecule has 0 saturated heterocycles. The van der Waals surface area contributed by atoms with Crippen molar-refractivity contribution >= 4 is 58.7 Å². The second-order valence-corrected chi connectivity index (χ2v) is 20.8. The summed E-state index contributed by atoms with van der Waals surface area (Å²) in [6.45, 7) is 5.70. The molecule has 0 spiro atoms. The second kappa shape index (κ2) is 24.1. The molecule has 4 aliphatic rings. The molecule has 25 heteroatoms. The molecule has 5 aromatic carbocycles. The van der Waals surface area contributed by atoms with Crippen molar-refractivity contribution in [2.45, 2.75) is 88.5 Å². The number of aliphatic hydroxyl groups excluding tert-OH is 1. The maximum absolute atomic E-state index is 14.8. The predicted octanol–water partition coefficient (Wildman–Crippen LogP) is 5.78. The van der Waals surface area contributed by atoms with Gasteiger partial charge in [-0.3, -0.25) is 29.2 Å². The van der Waals surface area contributed by atoms with Crippen molar-refractivity contribution in [3.05, 3.63) is 146 Å². The Kier molecular flexibility index (Phi) is 17.5. The normalized spacial score (nSPS) is 20.3. The van der Waals surface area contributed by atoms with Crippen molar-refractivity contribution in [2.75, 3.05) is 7.05 Å². The number of nitrogens with one attached hydrogen (secondary N) is 5. The van der Waals surface area contributed by atoms with Crippen LogP contribution in [0.4, 0.5) is 0 Å². The fraction of sp³-hybridized carbons (Fsp3) is 0.286. The van der Waals surface area contributed by atoms with Gasteiger partial charge in [0.05, 0.1) is 16.1 Å². The first-order valence-corrected chi connectivity index (χ1v) is 25.9. The summed E-state index contributed by atoms with van der Waals surface area (Å²) in [5.74, 6) is -9.16. The highest BCUT2D eigenvalue weighted by Gasteiger charge is 2.39. The van der Waals surface area contributed by atoms with Crippen LogP contribution >= 0.6 is 23.2 Å². The lowest BCUT2D eigenvalue weighted by atomic mass is 9.73. The third-order valence-corrected chi connectivity index (χ3v) is 14.7. The van der Waals surface area contributed by atoms with E-state index in [2.05, 4.69) is 31.5 Å². The Bertz CT molecular complexity index is 3410. The smallest absolute Gasteiger partial charge is 0.330 e. The number of nitrogens with two attached hydrogens (primary N) is 2. The Morgan fingerprint density at radius 2 is 1.57 bits per heavy atom. The number of phenolic OH excluding ortho intramolecular Hbond substituents is 3. The topological polar surface area (TPSA) is 373 Å². The number of hydrogen-bond acceptors (Lipinski definition) is 17. The van der Waals surface area contributed by atoms with Crippen LogP contribution in [0.15, 0.2) is 108 Å². The Balaban J connectivity index is 1.16. The number of hydrogen-bond donors (Lipinski definition) is 13. The summed E-state index contributed by atoms with van der Waals surface area (Å²) in [6.07, 6.45) is 0.967. The van der Waals surface area contributed by atoms with Crippen LogP contribution < -0.4 is 52.3 Å². The van der Waals surface area contributed by atoms with E-state index in [1.165, 1.54) is 79.9 Å². The highest BCUT2D eigenvalue weighted by atomic mass is 35.5. The van der Waals surface area contributed by atoms with Crippen molar-refractivity contribution < 1.29 is 78.7 Å². The van der Waals surface area contributed by atoms with E-state index in [0.717, 1.165) is 18.2 Å². The average Bonchev–Trinajstić information content (AvgIpc) is 3.45. The first-order valence-electron chi connectivity index (χ1n) is 25.1. The van der Waals surface area contributed by atoms with Crippen molar-refractivity contribution in [3.63, 3.8) is 0 Å². The Hall–Kier alpha value is -8.42. The minimum absolute atomic E-state index is 0.0140. The molecule has 15 N–H and O–H groups in total. The van der Waals surface area contributed by atoms with Gasteiger partial charge in [-0.05, 0) is 124 Å². The van der Waals surface area contributed by atoms with Gasteiger partial charge in [0.1, 0.15) is 59.3 Å². The molecule has 0 aromatic heterocycles. The number of fused-ring (bicyclic) bond motifs is 8. The predicted molar refractivity (Wildman–Crippen MR) is 291 cm³/mol. The van der Waals surface area contributed by atoms with Crippen molar-refractivity contribution in [1.29, 1.82) is 0 Å². The molecule has 0 radical (unpaired) electrons. The number of aliphatic carboxylic acids is 1. The van der Waals surface area contributed by atoms with Crippen LogP contribution in [-0.2, 0) is 40.1 Å². The molecule has 3 aliphatic heterocycles. The SMILES string of the molecule is CCC(C)(C)C1=CCC(O)C=C1[C@H](NC(=O)[C@@H](N)[C@H](OO)c1ccc(Oc2cc3cc(c2O)Oc2ccc(cc2Cl)C[C@H]2NC(=O)C(N)c4ccc(O)c(c4)Oc4cc(O)cc(c4)C(NC2=O)C(=O)N[C@H]3C(=O)NC)c(Cl)c1)C(=O)O. The molecule has 0 fully saturated rings. The minimum Gasteiger partial charge on any atom is -0.508 e. The Morgan fingerprint density at radius 3 is 2.25 bits per heavy atom. The maximum Gasteiger partial charge on any atom is 0.330 e. The zero-order valence-corrected chi connectivity index (χ0v) is 45.2. The number of halogens is 2. The van der Waals surface area contributed by atoms with Gasteiger partial charge in [0.2, 0.25) is 35.3 Å². The van der Waals surface area contributed by atoms with Crippen LogP contribution in [0.5, 0.6) is 51.7 Å². The number of rotatable bonds is 12. The van der Waals surface area contributed by atoms with E-state index in [1.807, 2.05) is 20.8 Å². The molecule has 5 amide bonds. The molecule has 9 rings (SSSR count). The van der Waals surface area contributed by atoms with Gasteiger partial charge < -0.3 is 77.8 Å². The molecule has 1 aliphatic carbocycles. The molecule has 5 aromatic rings. The van der Waals surface area contributed by atoms with Gasteiger partial charge in [0, 0.05) is 19.5 Å². The van der Waals surface area contributed by atoms with E-state index in [-0.39, 0.29) is 85.2 Å². The fourth-order valence-corrected chi connectivity index (χ4v) is 9.81. The third-order valence-electron chi connectivity index (χ3n) is 14.1. The molecule has 10 bridgehead atoms. The van der Waals surface area contributed by atoms with Crippen molar-refractivity contribution in [2.24, 2.45) is 16.9 Å². The van der Waals surface area contributed by atoms with Crippen LogP contribution in [0.1, 0.15) is 85.7 Å². The maximum atomic E-state index is 14.8. The summed E-state index contributed by atoms with van der Waals surface area (Å²) in [5.41, 5.74) is 13.2. The molecule has 81 heavy (non-hydrogen) atoms. The van der Waals surface area contributed by atoms with Gasteiger partial charge in [-0.25, -0.2) is 9.68 Å². The molecule has 0 saturated carbocycles. The fourth-order valence-electron chi connectivity index (χ4n) is 9.34. The lowest BCUT2D eigenvalue weighted by Gasteiger charge is -2.34. The summed E-state index contributed by atoms with van der Waals surface area (Å²) in [6, 6.07) is 8.05. The van der Waals surface area contributed by atoms with E-state index in [1.54, 1.807) is 6.08 Å². The average molecular weight is 1160 g/mol. The Labute approximate surface area is 472 Å². The first kappa shape index (κ1) is 58.7. The van der Waals surface area contributed by atoms with E-state index in [0.29, 0.717) is 17.6 Å². The highest BCUT2D eigenvalue weighted by molar-refractivity contribution is 6.32. The molecule has 426 valence electrons. The monoisotopic (exact) mass is 1150 g/mol. The van der Waals surface area contributed by atoms with E-state index >= 15 is 0 Å². The third kappa shape index (κ3) is 12.8. The number of carboxylic acid groups (broad SMARTS) is 1. The van der Waals surface area contributed by atoms with Crippen LogP contribution in [0.2, 0.25) is 10.0 Å². The van der Waals surface area contributed by atoms with E-state index in [9.17, 15) is 59.6 Å². The number of amides is 5. The standard InChI is InChI=1S/C56H57Cl2N7O16/c1-5-56(2,3)33-10-9-29(66)23-32(33)47(55(75)76)65-52(72)44(60)49(81-77)26-8-13-39(35(58)18-26)80-42-21-28-20-41(48(42)69)79-38-12-6-24(14-34(38)57)15-36-50(70)63-46(54(74)64-45(28)53(73)61-4)27-16-30(67)22-31(17-27)78-40-19-25(7-11-37(40)68)43(59)51(71)62-36/h6-8,10-14,16-23,29,36,43-47,49,66-69,77H,5,9,15,59-60H2,1-4H3,(H,61,73)(H,62,71)(H,63,70)(H,64,74)(H,65,72)(H,75,76)/t29?,36-,43?,44+,45-,46?,47+,49-/m1/s1. The molecule has 8 atom stereocenters. The van der Waals surface area contributed by atoms with Gasteiger partial charge >= 0.3 is 5.97 Å². The Morgan fingerprint density at radius 1 is 0.827 bits per heavy atom. The van der Waals surface area contributed by atoms with E-state index in [4.69, 9.17) is 48.9 Å². The molecular formula is C56H57Cl2N7O16. The van der Waals surface area contributed by atoms with Gasteiger partial charge in [-0.1, -0.05) is 68.2 Å². The summed E-state index contributed by atoms with van der Waals surface area (Å²) >= 11 is 13.6. The summed E-state index contributed by atoms with van der Waals surface area (Å²) in [4.78, 5) is 88.3. The minimum atomic E-state index is -1.79. The van der Waals surface area contributed by atoms with E-state index < -0.39 is 107 Å². The van der Waals surface area contributed by atoms with Crippen LogP contribution in [0, 0.1) is 5.41 Å². The quantitative estimate of drug-likeness (QED) is 0.0520. The number of benzene rings is 5. The highest BCUT2D eigenvalue weighted by Crippen LogP contribution is 2.47. The number of phenols is 3. The zero-order chi connectivity index (χ0) is 58.8. The number of carbonyl (C=O) groups excluding carboxylic acids is 5. The van der Waals surface area contributed by atoms with Gasteiger partial charge in [-0.2, -0.15) is 0 Å². The lowest BCUT2D eigenvalue weighted by molar-refractivity contribution is -0.284. The van der Waals surface area contributed by atoms with Crippen molar-refractivity contribution in [1.82, 2.24) is 26.6 Å². The summed E-state index contributed by atoms with van der Waals surface area (Å²) in [7, 11) is 1.26. The van der Waals surface area contributed by atoms with Gasteiger partial charge in [0.15, 0.2) is 29.0 Å².